The molecular weight excluding hydrogens is 594 g/mol. The molecule has 246 valence electrons. The monoisotopic (exact) mass is 633 g/mol. The van der Waals surface area contributed by atoms with Gasteiger partial charge in [-0.1, -0.05) is 0 Å². The van der Waals surface area contributed by atoms with Gasteiger partial charge < -0.3 is 45.3 Å². The number of hydrogen-bond donors (Lipinski definition) is 6. The van der Waals surface area contributed by atoms with Crippen molar-refractivity contribution in [3.63, 3.8) is 0 Å². The number of carbonyl (C=O) groups excluding carboxylic acids is 1. The lowest BCUT2D eigenvalue weighted by atomic mass is 10.1. The van der Waals surface area contributed by atoms with Gasteiger partial charge in [0.05, 0.1) is 24.7 Å². The molecule has 0 aromatic carbocycles. The van der Waals surface area contributed by atoms with Gasteiger partial charge in [0.25, 0.3) is 6.47 Å². The van der Waals surface area contributed by atoms with Crippen LogP contribution in [0.15, 0.2) is 23.6 Å². The Morgan fingerprint density at radius 3 is 2.69 bits per heavy atom. The predicted octanol–water partition coefficient (Wildman–Crippen LogP) is -2.68. The highest BCUT2D eigenvalue weighted by Crippen LogP contribution is 2.32. The highest BCUT2D eigenvalue weighted by atomic mass is 16.6. The first-order valence-electron chi connectivity index (χ1n) is 14.7. The largest absolute Gasteiger partial charge is 0.449 e. The quantitative estimate of drug-likeness (QED) is 0.0780. The molecule has 45 heavy (non-hydrogen) atoms. The maximum atomic E-state index is 12.5. The minimum atomic E-state index is -1.26. The fraction of sp³-hybridized carbons (Fsp3) is 0.630. The second kappa shape index (κ2) is 14.2. The van der Waals surface area contributed by atoms with Gasteiger partial charge in [-0.3, -0.25) is 19.7 Å². The van der Waals surface area contributed by atoms with E-state index in [0.29, 0.717) is 48.4 Å². The Morgan fingerprint density at radius 2 is 1.96 bits per heavy atom. The van der Waals surface area contributed by atoms with E-state index in [2.05, 4.69) is 19.9 Å². The van der Waals surface area contributed by atoms with Crippen LogP contribution in [0.4, 0.5) is 5.82 Å². The number of aromatic nitrogens is 6. The van der Waals surface area contributed by atoms with Crippen LogP contribution in [0.5, 0.6) is 0 Å². The van der Waals surface area contributed by atoms with Crippen LogP contribution in [-0.2, 0) is 25.4 Å². The molecule has 18 nitrogen and oxygen atoms in total. The maximum absolute atomic E-state index is 12.5. The Bertz CT molecular complexity index is 1520. The molecule has 0 aliphatic carbocycles. The molecule has 5 heterocycles. The van der Waals surface area contributed by atoms with E-state index in [1.54, 1.807) is 17.7 Å². The van der Waals surface area contributed by atoms with Gasteiger partial charge in [0, 0.05) is 37.7 Å². The number of fused-ring (bicyclic) bond motifs is 1. The first-order valence-corrected chi connectivity index (χ1v) is 14.7. The Kier molecular flexibility index (Phi) is 10.3. The Hall–Kier alpha value is -3.62. The van der Waals surface area contributed by atoms with Gasteiger partial charge in [0.1, 0.15) is 48.3 Å². The standard InChI is InChI=1S/C27H39N9O9/c1-14-21-25(31-11-30-14)36(12-32-21)26-23(41)22(40)17(45-26)9-34(6-4-19(28)43-13-38)5-2-3-15-8-35(27(42)33-24(15)29)20-7-16(39)18(10-37)44-20/h8,11-13,16-20,22-23,26,37,39-41H,2-7,9-10,28H2,1H3,(H2,29,33,42)/t16-,17+,18+,19+,20+,22+,23+,26+/m0/s1. The molecule has 0 saturated carbocycles. The number of hydrogen-bond acceptors (Lipinski definition) is 16. The fourth-order valence-corrected chi connectivity index (χ4v) is 5.73. The SMILES string of the molecule is Cc1ncnc2c1ncn2[C@@H]1O[C@H](CN(CCCc2cn([C@H]3C[C@H](O)[C@@H](CO)O3)c(=O)nc2N)CC[C@H](N)OC=O)[C@@H](O)[C@H]1O. The van der Waals surface area contributed by atoms with E-state index in [0.717, 1.165) is 0 Å². The van der Waals surface area contributed by atoms with Crippen LogP contribution in [0.2, 0.25) is 0 Å². The maximum Gasteiger partial charge on any atom is 0.351 e. The topological polar surface area (TPSA) is 259 Å². The number of imidazole rings is 1. The molecule has 5 rings (SSSR count). The van der Waals surface area contributed by atoms with Gasteiger partial charge in [-0.05, 0) is 26.3 Å². The smallest absolute Gasteiger partial charge is 0.351 e. The molecule has 2 fully saturated rings. The third kappa shape index (κ3) is 7.12. The second-order valence-electron chi connectivity index (χ2n) is 11.2. The van der Waals surface area contributed by atoms with E-state index >= 15 is 0 Å². The van der Waals surface area contributed by atoms with Crippen LogP contribution in [0, 0.1) is 6.92 Å². The first-order chi connectivity index (χ1) is 21.6. The van der Waals surface area contributed by atoms with Gasteiger partial charge >= 0.3 is 5.69 Å². The molecule has 8 N–H and O–H groups in total. The number of nitrogens with two attached hydrogens (primary N) is 2. The Balaban J connectivity index is 1.27. The van der Waals surface area contributed by atoms with Crippen molar-refractivity contribution in [2.45, 2.75) is 81.8 Å². The number of anilines is 1. The molecular formula is C27H39N9O9. The summed E-state index contributed by atoms with van der Waals surface area (Å²) in [6.45, 7) is 2.70. The number of aryl methyl sites for hydroxylation is 2. The number of nitrogens with zero attached hydrogens (tertiary/aromatic N) is 7. The zero-order chi connectivity index (χ0) is 32.2. The average Bonchev–Trinajstić information content (AvgIpc) is 3.69. The molecule has 2 aliphatic heterocycles. The normalized spacial score (nSPS) is 27.4. The second-order valence-corrected chi connectivity index (χ2v) is 11.2. The molecule has 0 amide bonds. The molecule has 0 unspecified atom stereocenters. The lowest BCUT2D eigenvalue weighted by Gasteiger charge is -2.27. The fourth-order valence-electron chi connectivity index (χ4n) is 5.73. The van der Waals surface area contributed by atoms with Crippen LogP contribution in [0.3, 0.4) is 0 Å². The van der Waals surface area contributed by atoms with E-state index in [4.69, 9.17) is 25.7 Å². The highest BCUT2D eigenvalue weighted by molar-refractivity contribution is 5.72. The summed E-state index contributed by atoms with van der Waals surface area (Å²) in [6, 6.07) is 0. The summed E-state index contributed by atoms with van der Waals surface area (Å²) in [5.74, 6) is 0.0635. The van der Waals surface area contributed by atoms with Gasteiger partial charge in [-0.15, -0.1) is 0 Å². The Morgan fingerprint density at radius 1 is 1.16 bits per heavy atom. The molecule has 18 heteroatoms. The van der Waals surface area contributed by atoms with E-state index < -0.39 is 54.9 Å². The van der Waals surface area contributed by atoms with Crippen LogP contribution in [0.1, 0.15) is 43.0 Å². The number of aliphatic hydroxyl groups excluding tert-OH is 4. The van der Waals surface area contributed by atoms with Crippen molar-refractivity contribution in [1.82, 2.24) is 34.0 Å². The van der Waals surface area contributed by atoms with Crippen molar-refractivity contribution in [2.24, 2.45) is 5.73 Å². The van der Waals surface area contributed by atoms with Crippen molar-refractivity contribution in [1.29, 1.82) is 0 Å². The predicted molar refractivity (Wildman–Crippen MR) is 155 cm³/mol. The summed E-state index contributed by atoms with van der Waals surface area (Å²) in [5.41, 5.74) is 13.6. The molecule has 2 saturated heterocycles. The Labute approximate surface area is 257 Å². The number of carbonyl (C=O) groups is 1. The van der Waals surface area contributed by atoms with Crippen LogP contribution in [-0.4, -0.2) is 124 Å². The van der Waals surface area contributed by atoms with E-state index in [-0.39, 0.29) is 38.3 Å². The zero-order valence-corrected chi connectivity index (χ0v) is 24.7. The van der Waals surface area contributed by atoms with Crippen molar-refractivity contribution >= 4 is 23.5 Å². The van der Waals surface area contributed by atoms with Crippen molar-refractivity contribution in [3.05, 3.63) is 40.6 Å². The molecule has 8 atom stereocenters. The summed E-state index contributed by atoms with van der Waals surface area (Å²) >= 11 is 0. The summed E-state index contributed by atoms with van der Waals surface area (Å²) in [5, 5.41) is 41.4. The van der Waals surface area contributed by atoms with Gasteiger partial charge in [0.15, 0.2) is 18.1 Å². The molecule has 3 aromatic heterocycles. The van der Waals surface area contributed by atoms with Crippen molar-refractivity contribution in [3.8, 4) is 0 Å². The summed E-state index contributed by atoms with van der Waals surface area (Å²) in [4.78, 5) is 41.9. The number of rotatable bonds is 14. The van der Waals surface area contributed by atoms with E-state index in [1.165, 1.54) is 17.2 Å². The third-order valence-electron chi connectivity index (χ3n) is 8.23. The summed E-state index contributed by atoms with van der Waals surface area (Å²) in [6.07, 6.45) is -1.84. The van der Waals surface area contributed by atoms with Crippen LogP contribution < -0.4 is 17.2 Å². The molecule has 0 spiro atoms. The van der Waals surface area contributed by atoms with Crippen LogP contribution in [0.25, 0.3) is 11.2 Å². The van der Waals surface area contributed by atoms with Gasteiger partial charge in [0.2, 0.25) is 0 Å². The van der Waals surface area contributed by atoms with E-state index in [9.17, 15) is 30.0 Å². The number of aliphatic hydroxyl groups is 4. The molecule has 2 aliphatic rings. The van der Waals surface area contributed by atoms with Gasteiger partial charge in [-0.2, -0.15) is 4.98 Å². The minimum Gasteiger partial charge on any atom is -0.449 e. The number of ether oxygens (including phenoxy) is 3. The minimum absolute atomic E-state index is 0.0635. The third-order valence-corrected chi connectivity index (χ3v) is 8.23. The zero-order valence-electron chi connectivity index (χ0n) is 24.7. The lowest BCUT2D eigenvalue weighted by molar-refractivity contribution is -0.133. The van der Waals surface area contributed by atoms with Crippen molar-refractivity contribution < 1.29 is 39.4 Å². The van der Waals surface area contributed by atoms with E-state index in [1.807, 2.05) is 4.90 Å². The van der Waals surface area contributed by atoms with Gasteiger partial charge in [-0.25, -0.2) is 19.7 Å². The average molecular weight is 634 g/mol. The highest BCUT2D eigenvalue weighted by Gasteiger charge is 2.45. The first kappa shape index (κ1) is 32.8. The molecule has 0 bridgehead atoms. The summed E-state index contributed by atoms with van der Waals surface area (Å²) in [7, 11) is 0. The van der Waals surface area contributed by atoms with Crippen molar-refractivity contribution in [2.75, 3.05) is 32.0 Å². The molecule has 0 radical (unpaired) electrons. The molecule has 3 aromatic rings. The number of nitrogen functional groups attached to an aromatic ring is 1. The van der Waals surface area contributed by atoms with Crippen LogP contribution >= 0.6 is 0 Å². The lowest BCUT2D eigenvalue weighted by Crippen LogP contribution is -2.42. The summed E-state index contributed by atoms with van der Waals surface area (Å²) < 4.78 is 19.4.